The molecule has 1 N–H and O–H groups in total. The molecule has 0 aliphatic rings. The average Bonchev–Trinajstić information content (AvgIpc) is 2.80. The first-order valence-electron chi connectivity index (χ1n) is 6.24. The van der Waals surface area contributed by atoms with Crippen LogP contribution in [0.15, 0.2) is 36.7 Å². The van der Waals surface area contributed by atoms with Crippen molar-refractivity contribution in [2.24, 2.45) is 0 Å². The summed E-state index contributed by atoms with van der Waals surface area (Å²) in [7, 11) is 0. The summed E-state index contributed by atoms with van der Waals surface area (Å²) < 4.78 is 14.9. The maximum absolute atomic E-state index is 12.7. The number of hydrogen-bond donors (Lipinski definition) is 1. The van der Waals surface area contributed by atoms with E-state index in [1.165, 1.54) is 12.1 Å². The second kappa shape index (κ2) is 6.31. The fraction of sp³-hybridized carbons (Fsp3) is 0.357. The molecule has 2 rings (SSSR count). The highest BCUT2D eigenvalue weighted by Gasteiger charge is 2.01. The normalized spacial score (nSPS) is 10.8. The topological polar surface area (TPSA) is 29.9 Å². The van der Waals surface area contributed by atoms with E-state index in [1.807, 2.05) is 12.4 Å². The van der Waals surface area contributed by atoms with E-state index in [4.69, 9.17) is 0 Å². The Kier molecular flexibility index (Phi) is 4.47. The Bertz CT molecular complexity index is 476. The number of nitrogens with zero attached hydrogens (tertiary/aromatic N) is 2. The van der Waals surface area contributed by atoms with Crippen LogP contribution >= 0.6 is 0 Å². The number of aryl methyl sites for hydroxylation is 1. The molecule has 1 aromatic heterocycles. The monoisotopic (exact) mass is 247 g/mol. The van der Waals surface area contributed by atoms with Gasteiger partial charge in [0.05, 0.1) is 6.54 Å². The Morgan fingerprint density at radius 3 is 2.72 bits per heavy atom. The summed E-state index contributed by atoms with van der Waals surface area (Å²) in [5.41, 5.74) is 1.07. The van der Waals surface area contributed by atoms with Crippen molar-refractivity contribution in [1.82, 2.24) is 14.9 Å². The minimum absolute atomic E-state index is 0.197. The minimum Gasteiger partial charge on any atom is -0.334 e. The fourth-order valence-corrected chi connectivity index (χ4v) is 1.87. The van der Waals surface area contributed by atoms with Gasteiger partial charge in [0.25, 0.3) is 0 Å². The summed E-state index contributed by atoms with van der Waals surface area (Å²) in [6.07, 6.45) is 4.92. The molecule has 0 atom stereocenters. The van der Waals surface area contributed by atoms with Crippen molar-refractivity contribution in [3.8, 4) is 0 Å². The molecular weight excluding hydrogens is 229 g/mol. The molecule has 2 aromatic rings. The van der Waals surface area contributed by atoms with Crippen molar-refractivity contribution in [3.63, 3.8) is 0 Å². The summed E-state index contributed by atoms with van der Waals surface area (Å²) >= 11 is 0. The smallest absolute Gasteiger partial charge is 0.123 e. The maximum Gasteiger partial charge on any atom is 0.123 e. The number of imidazole rings is 1. The van der Waals surface area contributed by atoms with Crippen LogP contribution in [0.5, 0.6) is 0 Å². The highest BCUT2D eigenvalue weighted by molar-refractivity contribution is 5.15. The Balaban J connectivity index is 1.84. The molecule has 96 valence electrons. The Morgan fingerprint density at radius 1 is 1.22 bits per heavy atom. The van der Waals surface area contributed by atoms with E-state index in [-0.39, 0.29) is 5.82 Å². The zero-order valence-corrected chi connectivity index (χ0v) is 10.6. The van der Waals surface area contributed by atoms with Crippen molar-refractivity contribution < 1.29 is 4.39 Å². The van der Waals surface area contributed by atoms with Crippen molar-refractivity contribution in [2.45, 2.75) is 33.0 Å². The molecule has 1 heterocycles. The van der Waals surface area contributed by atoms with Crippen LogP contribution < -0.4 is 5.32 Å². The number of hydrogen-bond acceptors (Lipinski definition) is 2. The van der Waals surface area contributed by atoms with Crippen molar-refractivity contribution in [1.29, 1.82) is 0 Å². The molecule has 0 bridgehead atoms. The summed E-state index contributed by atoms with van der Waals surface area (Å²) in [4.78, 5) is 4.32. The number of rotatable bonds is 6. The average molecular weight is 247 g/mol. The van der Waals surface area contributed by atoms with E-state index in [2.05, 4.69) is 21.8 Å². The molecule has 0 aliphatic heterocycles. The first-order valence-corrected chi connectivity index (χ1v) is 6.24. The van der Waals surface area contributed by atoms with Crippen LogP contribution in [-0.2, 0) is 19.6 Å². The van der Waals surface area contributed by atoms with Gasteiger partial charge in [0.15, 0.2) is 0 Å². The SMILES string of the molecule is CCCn1ccnc1CNCc1ccc(F)cc1. The Labute approximate surface area is 107 Å². The van der Waals surface area contributed by atoms with E-state index >= 15 is 0 Å². The van der Waals surface area contributed by atoms with E-state index in [0.717, 1.165) is 37.4 Å². The molecule has 0 fully saturated rings. The van der Waals surface area contributed by atoms with Crippen LogP contribution in [0.2, 0.25) is 0 Å². The zero-order chi connectivity index (χ0) is 12.8. The van der Waals surface area contributed by atoms with Gasteiger partial charge in [-0.1, -0.05) is 19.1 Å². The molecule has 0 saturated carbocycles. The molecule has 0 amide bonds. The molecule has 0 aliphatic carbocycles. The third kappa shape index (κ3) is 3.40. The van der Waals surface area contributed by atoms with Gasteiger partial charge in [0.1, 0.15) is 11.6 Å². The van der Waals surface area contributed by atoms with E-state index in [0.29, 0.717) is 0 Å². The second-order valence-corrected chi connectivity index (χ2v) is 4.27. The molecule has 1 aromatic carbocycles. The predicted octanol–water partition coefficient (Wildman–Crippen LogP) is 2.72. The van der Waals surface area contributed by atoms with Gasteiger partial charge in [-0.25, -0.2) is 9.37 Å². The number of aromatic nitrogens is 2. The molecule has 0 radical (unpaired) electrons. The van der Waals surface area contributed by atoms with Crippen LogP contribution in [0.25, 0.3) is 0 Å². The summed E-state index contributed by atoms with van der Waals surface area (Å²) in [5.74, 6) is 0.844. The highest BCUT2D eigenvalue weighted by atomic mass is 19.1. The molecule has 0 unspecified atom stereocenters. The predicted molar refractivity (Wildman–Crippen MR) is 69.5 cm³/mol. The quantitative estimate of drug-likeness (QED) is 0.850. The standard InChI is InChI=1S/C14H18FN3/c1-2-8-18-9-7-17-14(18)11-16-10-12-3-5-13(15)6-4-12/h3-7,9,16H,2,8,10-11H2,1H3. The third-order valence-corrected chi connectivity index (χ3v) is 2.79. The van der Waals surface area contributed by atoms with Gasteiger partial charge in [-0.05, 0) is 24.1 Å². The third-order valence-electron chi connectivity index (χ3n) is 2.79. The Morgan fingerprint density at radius 2 is 2.00 bits per heavy atom. The fourth-order valence-electron chi connectivity index (χ4n) is 1.87. The number of benzene rings is 1. The first kappa shape index (κ1) is 12.8. The van der Waals surface area contributed by atoms with E-state index in [1.54, 1.807) is 12.1 Å². The van der Waals surface area contributed by atoms with Crippen LogP contribution in [0, 0.1) is 5.82 Å². The highest BCUT2D eigenvalue weighted by Crippen LogP contribution is 2.03. The van der Waals surface area contributed by atoms with Crippen molar-refractivity contribution in [3.05, 3.63) is 53.9 Å². The van der Waals surface area contributed by atoms with E-state index in [9.17, 15) is 4.39 Å². The number of halogens is 1. The lowest BCUT2D eigenvalue weighted by Gasteiger charge is -2.07. The molecule has 18 heavy (non-hydrogen) atoms. The van der Waals surface area contributed by atoms with Gasteiger partial charge >= 0.3 is 0 Å². The summed E-state index contributed by atoms with van der Waals surface area (Å²) in [6.45, 7) is 4.59. The van der Waals surface area contributed by atoms with Crippen LogP contribution in [0.1, 0.15) is 24.7 Å². The van der Waals surface area contributed by atoms with Gasteiger partial charge in [0, 0.05) is 25.5 Å². The lowest BCUT2D eigenvalue weighted by Crippen LogP contribution is -2.16. The molecule has 4 heteroatoms. The lowest BCUT2D eigenvalue weighted by atomic mass is 10.2. The Hall–Kier alpha value is -1.68. The van der Waals surface area contributed by atoms with Gasteiger partial charge in [-0.3, -0.25) is 0 Å². The zero-order valence-electron chi connectivity index (χ0n) is 10.6. The lowest BCUT2D eigenvalue weighted by molar-refractivity contribution is 0.587. The van der Waals surface area contributed by atoms with E-state index < -0.39 is 0 Å². The summed E-state index contributed by atoms with van der Waals surface area (Å²) in [5, 5.41) is 3.32. The largest absolute Gasteiger partial charge is 0.334 e. The van der Waals surface area contributed by atoms with Gasteiger partial charge in [-0.2, -0.15) is 0 Å². The van der Waals surface area contributed by atoms with Crippen LogP contribution in [0.4, 0.5) is 4.39 Å². The molecule has 0 spiro atoms. The van der Waals surface area contributed by atoms with Crippen LogP contribution in [0.3, 0.4) is 0 Å². The van der Waals surface area contributed by atoms with Gasteiger partial charge < -0.3 is 9.88 Å². The van der Waals surface area contributed by atoms with Gasteiger partial charge in [0.2, 0.25) is 0 Å². The molecule has 0 saturated heterocycles. The maximum atomic E-state index is 12.7. The van der Waals surface area contributed by atoms with Gasteiger partial charge in [-0.15, -0.1) is 0 Å². The molecule has 3 nitrogen and oxygen atoms in total. The minimum atomic E-state index is -0.197. The van der Waals surface area contributed by atoms with Crippen molar-refractivity contribution in [2.75, 3.05) is 0 Å². The van der Waals surface area contributed by atoms with Crippen molar-refractivity contribution >= 4 is 0 Å². The summed E-state index contributed by atoms with van der Waals surface area (Å²) in [6, 6.07) is 6.55. The first-order chi connectivity index (χ1) is 8.79. The molecular formula is C14H18FN3. The van der Waals surface area contributed by atoms with Crippen LogP contribution in [-0.4, -0.2) is 9.55 Å². The number of nitrogens with one attached hydrogen (secondary N) is 1. The second-order valence-electron chi connectivity index (χ2n) is 4.27.